The topological polar surface area (TPSA) is 46.3 Å². The summed E-state index contributed by atoms with van der Waals surface area (Å²) in [5.41, 5.74) is 7.28. The number of nitrogens with two attached hydrogens (primary N) is 1. The first-order valence-corrected chi connectivity index (χ1v) is 7.68. The van der Waals surface area contributed by atoms with Crippen LogP contribution < -0.4 is 5.73 Å². The molecule has 1 saturated heterocycles. The third kappa shape index (κ3) is 3.83. The number of carbonyl (C=O) groups is 1. The van der Waals surface area contributed by atoms with Gasteiger partial charge >= 0.3 is 0 Å². The molecule has 0 aromatic heterocycles. The molecule has 110 valence electrons. The first-order valence-electron chi connectivity index (χ1n) is 7.68. The Bertz CT molecular complexity index is 432. The molecule has 1 aromatic carbocycles. The molecule has 2 N–H and O–H groups in total. The van der Waals surface area contributed by atoms with E-state index in [2.05, 4.69) is 13.8 Å². The van der Waals surface area contributed by atoms with E-state index in [-0.39, 0.29) is 11.9 Å². The van der Waals surface area contributed by atoms with Crippen LogP contribution >= 0.6 is 0 Å². The fraction of sp³-hybridized carbons (Fsp3) is 0.588. The van der Waals surface area contributed by atoms with Crippen LogP contribution in [0.15, 0.2) is 30.3 Å². The lowest BCUT2D eigenvalue weighted by Crippen LogP contribution is -2.45. The molecular weight excluding hydrogens is 248 g/mol. The molecule has 3 atom stereocenters. The van der Waals surface area contributed by atoms with Gasteiger partial charge in [0, 0.05) is 25.0 Å². The minimum atomic E-state index is -0.0438. The van der Waals surface area contributed by atoms with Crippen LogP contribution in [0.3, 0.4) is 0 Å². The van der Waals surface area contributed by atoms with Gasteiger partial charge in [-0.2, -0.15) is 0 Å². The Morgan fingerprint density at radius 1 is 1.30 bits per heavy atom. The summed E-state index contributed by atoms with van der Waals surface area (Å²) in [7, 11) is 0. The number of hydrogen-bond acceptors (Lipinski definition) is 2. The van der Waals surface area contributed by atoms with E-state index < -0.39 is 0 Å². The molecule has 3 unspecified atom stereocenters. The van der Waals surface area contributed by atoms with Gasteiger partial charge in [-0.1, -0.05) is 37.3 Å². The van der Waals surface area contributed by atoms with Gasteiger partial charge in [0.25, 0.3) is 0 Å². The molecule has 1 fully saturated rings. The average molecular weight is 274 g/mol. The van der Waals surface area contributed by atoms with E-state index in [0.717, 1.165) is 24.9 Å². The summed E-state index contributed by atoms with van der Waals surface area (Å²) in [6.07, 6.45) is 3.62. The lowest BCUT2D eigenvalue weighted by Gasteiger charge is -2.37. The third-order valence-electron chi connectivity index (χ3n) is 4.33. The fourth-order valence-electron chi connectivity index (χ4n) is 2.93. The quantitative estimate of drug-likeness (QED) is 0.917. The first kappa shape index (κ1) is 15.0. The largest absolute Gasteiger partial charge is 0.340 e. The molecular formula is C17H26N2O. The average Bonchev–Trinajstić information content (AvgIpc) is 2.47. The highest BCUT2D eigenvalue weighted by atomic mass is 16.2. The molecule has 0 saturated carbocycles. The van der Waals surface area contributed by atoms with Crippen molar-refractivity contribution in [3.8, 4) is 0 Å². The molecule has 1 heterocycles. The van der Waals surface area contributed by atoms with E-state index in [0.29, 0.717) is 18.4 Å². The van der Waals surface area contributed by atoms with Crippen LogP contribution in [0.25, 0.3) is 0 Å². The van der Waals surface area contributed by atoms with Gasteiger partial charge in [-0.15, -0.1) is 0 Å². The number of nitrogens with zero attached hydrogens (tertiary/aromatic N) is 1. The summed E-state index contributed by atoms with van der Waals surface area (Å²) in [6, 6.07) is 10.4. The van der Waals surface area contributed by atoms with E-state index in [1.807, 2.05) is 35.2 Å². The standard InChI is InChI=1S/C17H26N2O/c1-13-8-9-14(2)19(12-13)17(20)11-10-16(18)15-6-4-3-5-7-15/h3-7,13-14,16H,8-12,18H2,1-2H3. The Balaban J connectivity index is 1.85. The van der Waals surface area contributed by atoms with Crippen molar-refractivity contribution >= 4 is 5.91 Å². The summed E-state index contributed by atoms with van der Waals surface area (Å²) in [5.74, 6) is 0.883. The van der Waals surface area contributed by atoms with E-state index in [9.17, 15) is 4.79 Å². The molecule has 0 radical (unpaired) electrons. The number of benzene rings is 1. The van der Waals surface area contributed by atoms with Gasteiger partial charge in [0.05, 0.1) is 0 Å². The minimum absolute atomic E-state index is 0.0438. The minimum Gasteiger partial charge on any atom is -0.340 e. The van der Waals surface area contributed by atoms with Crippen molar-refractivity contribution < 1.29 is 4.79 Å². The number of carbonyl (C=O) groups excluding carboxylic acids is 1. The zero-order valence-electron chi connectivity index (χ0n) is 12.6. The van der Waals surface area contributed by atoms with Crippen LogP contribution in [-0.4, -0.2) is 23.4 Å². The van der Waals surface area contributed by atoms with Crippen molar-refractivity contribution in [2.75, 3.05) is 6.54 Å². The lowest BCUT2D eigenvalue weighted by atomic mass is 9.94. The van der Waals surface area contributed by atoms with Gasteiger partial charge in [0.2, 0.25) is 5.91 Å². The monoisotopic (exact) mass is 274 g/mol. The van der Waals surface area contributed by atoms with Gasteiger partial charge < -0.3 is 10.6 Å². The second-order valence-electron chi connectivity index (χ2n) is 6.13. The first-order chi connectivity index (χ1) is 9.58. The van der Waals surface area contributed by atoms with Crippen LogP contribution in [-0.2, 0) is 4.79 Å². The van der Waals surface area contributed by atoms with Crippen LogP contribution in [0.5, 0.6) is 0 Å². The molecule has 0 spiro atoms. The number of hydrogen-bond donors (Lipinski definition) is 1. The third-order valence-corrected chi connectivity index (χ3v) is 4.33. The van der Waals surface area contributed by atoms with Crippen LogP contribution in [0.2, 0.25) is 0 Å². The number of amides is 1. The fourth-order valence-corrected chi connectivity index (χ4v) is 2.93. The highest BCUT2D eigenvalue weighted by Gasteiger charge is 2.26. The SMILES string of the molecule is CC1CCC(C)N(C(=O)CCC(N)c2ccccc2)C1. The molecule has 20 heavy (non-hydrogen) atoms. The lowest BCUT2D eigenvalue weighted by molar-refractivity contribution is -0.135. The van der Waals surface area contributed by atoms with E-state index in [1.165, 1.54) is 6.42 Å². The smallest absolute Gasteiger partial charge is 0.222 e. The van der Waals surface area contributed by atoms with Crippen molar-refractivity contribution in [1.82, 2.24) is 4.90 Å². The molecule has 0 bridgehead atoms. The van der Waals surface area contributed by atoms with Crippen molar-refractivity contribution in [1.29, 1.82) is 0 Å². The predicted octanol–water partition coefficient (Wildman–Crippen LogP) is 3.11. The second-order valence-corrected chi connectivity index (χ2v) is 6.13. The van der Waals surface area contributed by atoms with Crippen LogP contribution in [0, 0.1) is 5.92 Å². The van der Waals surface area contributed by atoms with E-state index >= 15 is 0 Å². The summed E-state index contributed by atoms with van der Waals surface area (Å²) in [4.78, 5) is 14.4. The Hall–Kier alpha value is -1.35. The molecule has 3 heteroatoms. The second kappa shape index (κ2) is 6.89. The van der Waals surface area contributed by atoms with Crippen LogP contribution in [0.4, 0.5) is 0 Å². The Morgan fingerprint density at radius 2 is 2.00 bits per heavy atom. The highest BCUT2D eigenvalue weighted by Crippen LogP contribution is 2.23. The molecule has 1 amide bonds. The number of likely N-dealkylation sites (tertiary alicyclic amines) is 1. The highest BCUT2D eigenvalue weighted by molar-refractivity contribution is 5.76. The van der Waals surface area contributed by atoms with Crippen LogP contribution in [0.1, 0.15) is 51.1 Å². The normalized spacial score (nSPS) is 24.4. The van der Waals surface area contributed by atoms with Crippen molar-refractivity contribution in [3.05, 3.63) is 35.9 Å². The van der Waals surface area contributed by atoms with Gasteiger partial charge in [-0.25, -0.2) is 0 Å². The Labute approximate surface area is 122 Å². The van der Waals surface area contributed by atoms with Crippen molar-refractivity contribution in [2.45, 2.75) is 51.6 Å². The van der Waals surface area contributed by atoms with Gasteiger partial charge in [0.15, 0.2) is 0 Å². The van der Waals surface area contributed by atoms with E-state index in [1.54, 1.807) is 0 Å². The zero-order chi connectivity index (χ0) is 14.5. The molecule has 3 nitrogen and oxygen atoms in total. The Kier molecular flexibility index (Phi) is 5.18. The maximum atomic E-state index is 12.4. The summed E-state index contributed by atoms with van der Waals surface area (Å²) < 4.78 is 0. The molecule has 1 aromatic rings. The van der Waals surface area contributed by atoms with Gasteiger partial charge in [-0.05, 0) is 37.7 Å². The maximum absolute atomic E-state index is 12.4. The van der Waals surface area contributed by atoms with Crippen molar-refractivity contribution in [2.24, 2.45) is 11.7 Å². The van der Waals surface area contributed by atoms with E-state index in [4.69, 9.17) is 5.73 Å². The predicted molar refractivity (Wildman–Crippen MR) is 82.2 cm³/mol. The van der Waals surface area contributed by atoms with Gasteiger partial charge in [0.1, 0.15) is 0 Å². The summed E-state index contributed by atoms with van der Waals surface area (Å²) in [6.45, 7) is 5.28. The maximum Gasteiger partial charge on any atom is 0.222 e. The molecule has 2 rings (SSSR count). The molecule has 1 aliphatic rings. The molecule has 0 aliphatic carbocycles. The Morgan fingerprint density at radius 3 is 2.70 bits per heavy atom. The molecule has 1 aliphatic heterocycles. The summed E-state index contributed by atoms with van der Waals surface area (Å²) in [5, 5.41) is 0. The number of piperidine rings is 1. The number of rotatable bonds is 4. The van der Waals surface area contributed by atoms with Crippen molar-refractivity contribution in [3.63, 3.8) is 0 Å². The summed E-state index contributed by atoms with van der Waals surface area (Å²) >= 11 is 0. The van der Waals surface area contributed by atoms with Gasteiger partial charge in [-0.3, -0.25) is 4.79 Å². The zero-order valence-corrected chi connectivity index (χ0v) is 12.6.